The normalized spacial score (nSPS) is 14.2. The molecule has 1 atom stereocenters. The SMILES string of the molecule is CCCCCCCCCC(OC(C)(C)c1ncco1)C(C)(C)C. The number of hydrogen-bond acceptors (Lipinski definition) is 3. The standard InChI is InChI=1S/C20H37NO2/c1-7-8-9-10-11-12-13-14-17(19(2,3)4)23-20(5,6)18-21-15-16-22-18/h15-17H,7-14H2,1-6H3. The lowest BCUT2D eigenvalue weighted by molar-refractivity contribution is -0.133. The minimum atomic E-state index is -0.484. The van der Waals surface area contributed by atoms with Crippen molar-refractivity contribution < 1.29 is 9.15 Å². The fourth-order valence-corrected chi connectivity index (χ4v) is 2.88. The van der Waals surface area contributed by atoms with Crippen molar-refractivity contribution in [2.24, 2.45) is 5.41 Å². The number of oxazole rings is 1. The molecule has 0 N–H and O–H groups in total. The summed E-state index contributed by atoms with van der Waals surface area (Å²) in [5, 5.41) is 0. The van der Waals surface area contributed by atoms with Gasteiger partial charge in [-0.3, -0.25) is 0 Å². The third-order valence-electron chi connectivity index (χ3n) is 4.42. The maximum Gasteiger partial charge on any atom is 0.225 e. The summed E-state index contributed by atoms with van der Waals surface area (Å²) in [6, 6.07) is 0. The first-order valence-electron chi connectivity index (χ1n) is 9.35. The molecule has 0 aliphatic carbocycles. The van der Waals surface area contributed by atoms with Gasteiger partial charge in [-0.15, -0.1) is 0 Å². The molecule has 0 aliphatic rings. The van der Waals surface area contributed by atoms with Crippen LogP contribution in [-0.2, 0) is 10.3 Å². The van der Waals surface area contributed by atoms with E-state index in [-0.39, 0.29) is 11.5 Å². The van der Waals surface area contributed by atoms with Crippen molar-refractivity contribution in [3.05, 3.63) is 18.4 Å². The first-order valence-corrected chi connectivity index (χ1v) is 9.35. The van der Waals surface area contributed by atoms with Gasteiger partial charge in [0.1, 0.15) is 11.9 Å². The highest BCUT2D eigenvalue weighted by Crippen LogP contribution is 2.34. The van der Waals surface area contributed by atoms with Crippen molar-refractivity contribution in [1.82, 2.24) is 4.98 Å². The van der Waals surface area contributed by atoms with E-state index in [9.17, 15) is 0 Å². The Morgan fingerprint density at radius 3 is 2.13 bits per heavy atom. The average molecular weight is 324 g/mol. The molecule has 1 aromatic heterocycles. The van der Waals surface area contributed by atoms with Crippen LogP contribution in [0.1, 0.15) is 98.8 Å². The fourth-order valence-electron chi connectivity index (χ4n) is 2.88. The number of ether oxygens (including phenoxy) is 1. The van der Waals surface area contributed by atoms with Gasteiger partial charge in [0, 0.05) is 0 Å². The third kappa shape index (κ3) is 7.52. The third-order valence-corrected chi connectivity index (χ3v) is 4.42. The molecule has 0 aromatic carbocycles. The molecule has 134 valence electrons. The van der Waals surface area contributed by atoms with E-state index in [1.165, 1.54) is 44.9 Å². The second-order valence-electron chi connectivity index (χ2n) is 8.23. The molecule has 0 fully saturated rings. The predicted molar refractivity (Wildman–Crippen MR) is 96.5 cm³/mol. The van der Waals surface area contributed by atoms with E-state index in [0.717, 1.165) is 6.42 Å². The van der Waals surface area contributed by atoms with Crippen molar-refractivity contribution in [2.75, 3.05) is 0 Å². The molecular formula is C20H37NO2. The molecule has 0 spiro atoms. The molecular weight excluding hydrogens is 286 g/mol. The van der Waals surface area contributed by atoms with Crippen molar-refractivity contribution in [3.63, 3.8) is 0 Å². The predicted octanol–water partition coefficient (Wildman–Crippen LogP) is 6.48. The summed E-state index contributed by atoms with van der Waals surface area (Å²) in [5.41, 5.74) is -0.366. The number of unbranched alkanes of at least 4 members (excludes halogenated alkanes) is 6. The summed E-state index contributed by atoms with van der Waals surface area (Å²) in [6.45, 7) is 13.1. The van der Waals surface area contributed by atoms with Crippen LogP contribution in [0.4, 0.5) is 0 Å². The number of aromatic nitrogens is 1. The van der Waals surface area contributed by atoms with Crippen LogP contribution >= 0.6 is 0 Å². The van der Waals surface area contributed by atoms with E-state index < -0.39 is 5.60 Å². The number of nitrogens with zero attached hydrogens (tertiary/aromatic N) is 1. The monoisotopic (exact) mass is 323 g/mol. The Bertz CT molecular complexity index is 404. The second-order valence-corrected chi connectivity index (χ2v) is 8.23. The van der Waals surface area contributed by atoms with E-state index in [1.54, 1.807) is 12.5 Å². The second kappa shape index (κ2) is 9.46. The zero-order valence-corrected chi connectivity index (χ0v) is 16.2. The zero-order valence-electron chi connectivity index (χ0n) is 16.2. The molecule has 0 bridgehead atoms. The molecule has 1 aromatic rings. The molecule has 0 saturated carbocycles. The first-order chi connectivity index (χ1) is 10.8. The topological polar surface area (TPSA) is 35.3 Å². The van der Waals surface area contributed by atoms with Crippen LogP contribution in [0.15, 0.2) is 16.9 Å². The van der Waals surface area contributed by atoms with Gasteiger partial charge >= 0.3 is 0 Å². The van der Waals surface area contributed by atoms with Gasteiger partial charge in [-0.05, 0) is 25.7 Å². The summed E-state index contributed by atoms with van der Waals surface area (Å²) >= 11 is 0. The van der Waals surface area contributed by atoms with Crippen molar-refractivity contribution in [2.45, 2.75) is 105 Å². The van der Waals surface area contributed by atoms with Crippen molar-refractivity contribution >= 4 is 0 Å². The van der Waals surface area contributed by atoms with E-state index in [4.69, 9.17) is 9.15 Å². The average Bonchev–Trinajstić information content (AvgIpc) is 2.99. The highest BCUT2D eigenvalue weighted by atomic mass is 16.5. The first kappa shape index (κ1) is 20.2. The summed E-state index contributed by atoms with van der Waals surface area (Å²) in [4.78, 5) is 4.27. The molecule has 23 heavy (non-hydrogen) atoms. The van der Waals surface area contributed by atoms with Crippen LogP contribution < -0.4 is 0 Å². The Kier molecular flexibility index (Phi) is 8.32. The van der Waals surface area contributed by atoms with Crippen LogP contribution in [0.3, 0.4) is 0 Å². The summed E-state index contributed by atoms with van der Waals surface area (Å²) in [6.07, 6.45) is 13.9. The maximum absolute atomic E-state index is 6.44. The molecule has 1 unspecified atom stereocenters. The molecule has 3 heteroatoms. The van der Waals surface area contributed by atoms with Crippen LogP contribution in [0.2, 0.25) is 0 Å². The zero-order chi connectivity index (χ0) is 17.3. The van der Waals surface area contributed by atoms with Gasteiger partial charge in [-0.2, -0.15) is 0 Å². The molecule has 0 saturated heterocycles. The maximum atomic E-state index is 6.44. The Hall–Kier alpha value is -0.830. The van der Waals surface area contributed by atoms with Gasteiger partial charge in [0.25, 0.3) is 0 Å². The van der Waals surface area contributed by atoms with Gasteiger partial charge in [0.2, 0.25) is 5.89 Å². The van der Waals surface area contributed by atoms with Gasteiger partial charge in [0.15, 0.2) is 0 Å². The molecule has 0 amide bonds. The van der Waals surface area contributed by atoms with Crippen molar-refractivity contribution in [1.29, 1.82) is 0 Å². The highest BCUT2D eigenvalue weighted by Gasteiger charge is 2.35. The van der Waals surface area contributed by atoms with Crippen LogP contribution in [0.25, 0.3) is 0 Å². The Balaban J connectivity index is 2.45. The van der Waals surface area contributed by atoms with Crippen molar-refractivity contribution in [3.8, 4) is 0 Å². The van der Waals surface area contributed by atoms with Gasteiger partial charge < -0.3 is 9.15 Å². The highest BCUT2D eigenvalue weighted by molar-refractivity contribution is 4.94. The minimum absolute atomic E-state index is 0.117. The lowest BCUT2D eigenvalue weighted by Gasteiger charge is -2.36. The minimum Gasteiger partial charge on any atom is -0.446 e. The lowest BCUT2D eigenvalue weighted by atomic mass is 9.85. The van der Waals surface area contributed by atoms with E-state index >= 15 is 0 Å². The van der Waals surface area contributed by atoms with Gasteiger partial charge in [0.05, 0.1) is 12.3 Å². The Morgan fingerprint density at radius 1 is 1.00 bits per heavy atom. The van der Waals surface area contributed by atoms with Crippen LogP contribution in [0, 0.1) is 5.41 Å². The molecule has 0 radical (unpaired) electrons. The van der Waals surface area contributed by atoms with E-state index in [2.05, 4.69) is 32.7 Å². The fraction of sp³-hybridized carbons (Fsp3) is 0.850. The van der Waals surface area contributed by atoms with Gasteiger partial charge in [-0.1, -0.05) is 72.6 Å². The number of rotatable bonds is 11. The number of hydrogen-bond donors (Lipinski definition) is 0. The summed E-state index contributed by atoms with van der Waals surface area (Å²) < 4.78 is 11.9. The summed E-state index contributed by atoms with van der Waals surface area (Å²) in [7, 11) is 0. The largest absolute Gasteiger partial charge is 0.446 e. The molecule has 3 nitrogen and oxygen atoms in total. The van der Waals surface area contributed by atoms with Crippen LogP contribution in [0.5, 0.6) is 0 Å². The van der Waals surface area contributed by atoms with Gasteiger partial charge in [-0.25, -0.2) is 4.98 Å². The van der Waals surface area contributed by atoms with Crippen LogP contribution in [-0.4, -0.2) is 11.1 Å². The lowest BCUT2D eigenvalue weighted by Crippen LogP contribution is -2.37. The Labute approximate surface area is 143 Å². The molecule has 0 aliphatic heterocycles. The molecule has 1 heterocycles. The Morgan fingerprint density at radius 2 is 1.61 bits per heavy atom. The van der Waals surface area contributed by atoms with E-state index in [1.807, 2.05) is 13.8 Å². The smallest absolute Gasteiger partial charge is 0.225 e. The quantitative estimate of drug-likeness (QED) is 0.437. The molecule has 1 rings (SSSR count). The van der Waals surface area contributed by atoms with E-state index in [0.29, 0.717) is 5.89 Å². The summed E-state index contributed by atoms with van der Waals surface area (Å²) in [5.74, 6) is 0.659.